The predicted octanol–water partition coefficient (Wildman–Crippen LogP) is 0.429. The molecule has 132 valence electrons. The Morgan fingerprint density at radius 3 is 2.92 bits per heavy atom. The SMILES string of the molecule is Cc1cc(C2CCCNC2)oc(=O)c1C(=O)NCc1cc(=O)[nH]cn1. The molecule has 25 heavy (non-hydrogen) atoms. The van der Waals surface area contributed by atoms with Gasteiger partial charge >= 0.3 is 5.63 Å². The summed E-state index contributed by atoms with van der Waals surface area (Å²) in [5.74, 6) is 0.224. The van der Waals surface area contributed by atoms with Crippen molar-refractivity contribution in [3.05, 3.63) is 61.8 Å². The first-order chi connectivity index (χ1) is 12.0. The fraction of sp³-hybridized carbons (Fsp3) is 0.412. The van der Waals surface area contributed by atoms with E-state index in [-0.39, 0.29) is 23.6 Å². The van der Waals surface area contributed by atoms with E-state index in [1.54, 1.807) is 13.0 Å². The zero-order chi connectivity index (χ0) is 17.8. The van der Waals surface area contributed by atoms with Crippen molar-refractivity contribution in [1.29, 1.82) is 0 Å². The molecule has 0 bridgehead atoms. The van der Waals surface area contributed by atoms with Crippen molar-refractivity contribution in [2.24, 2.45) is 0 Å². The second kappa shape index (κ2) is 7.43. The molecule has 3 N–H and O–H groups in total. The number of aromatic nitrogens is 2. The molecule has 3 rings (SSSR count). The average Bonchev–Trinajstić information content (AvgIpc) is 2.60. The first-order valence-corrected chi connectivity index (χ1v) is 8.22. The highest BCUT2D eigenvalue weighted by Gasteiger charge is 2.22. The van der Waals surface area contributed by atoms with Crippen LogP contribution in [0.2, 0.25) is 0 Å². The summed E-state index contributed by atoms with van der Waals surface area (Å²) < 4.78 is 5.39. The van der Waals surface area contributed by atoms with Crippen LogP contribution < -0.4 is 21.8 Å². The van der Waals surface area contributed by atoms with Crippen LogP contribution in [0.4, 0.5) is 0 Å². The third-order valence-corrected chi connectivity index (χ3v) is 4.26. The monoisotopic (exact) mass is 344 g/mol. The lowest BCUT2D eigenvalue weighted by Gasteiger charge is -2.22. The van der Waals surface area contributed by atoms with E-state index in [1.165, 1.54) is 12.4 Å². The van der Waals surface area contributed by atoms with Crippen molar-refractivity contribution in [2.45, 2.75) is 32.2 Å². The van der Waals surface area contributed by atoms with Crippen LogP contribution >= 0.6 is 0 Å². The molecule has 1 amide bonds. The number of nitrogens with one attached hydrogen (secondary N) is 3. The fourth-order valence-corrected chi connectivity index (χ4v) is 2.97. The predicted molar refractivity (Wildman–Crippen MR) is 90.6 cm³/mol. The summed E-state index contributed by atoms with van der Waals surface area (Å²) >= 11 is 0. The van der Waals surface area contributed by atoms with Gasteiger partial charge in [0.25, 0.3) is 11.5 Å². The van der Waals surface area contributed by atoms with E-state index < -0.39 is 11.5 Å². The molecule has 0 aliphatic carbocycles. The Morgan fingerprint density at radius 1 is 1.40 bits per heavy atom. The van der Waals surface area contributed by atoms with Crippen LogP contribution in [-0.4, -0.2) is 29.0 Å². The van der Waals surface area contributed by atoms with Gasteiger partial charge in [0.05, 0.1) is 18.6 Å². The molecule has 2 aromatic rings. The van der Waals surface area contributed by atoms with Gasteiger partial charge in [-0.3, -0.25) is 9.59 Å². The fourth-order valence-electron chi connectivity index (χ4n) is 2.97. The number of rotatable bonds is 4. The summed E-state index contributed by atoms with van der Waals surface area (Å²) in [4.78, 5) is 42.2. The summed E-state index contributed by atoms with van der Waals surface area (Å²) in [7, 11) is 0. The summed E-state index contributed by atoms with van der Waals surface area (Å²) in [6.07, 6.45) is 3.24. The maximum atomic E-state index is 12.3. The van der Waals surface area contributed by atoms with Crippen LogP contribution in [0.3, 0.4) is 0 Å². The third-order valence-electron chi connectivity index (χ3n) is 4.26. The number of piperidine rings is 1. The third kappa shape index (κ3) is 4.03. The quantitative estimate of drug-likeness (QED) is 0.740. The largest absolute Gasteiger partial charge is 0.427 e. The van der Waals surface area contributed by atoms with Gasteiger partial charge in [0, 0.05) is 18.5 Å². The highest BCUT2D eigenvalue weighted by Crippen LogP contribution is 2.23. The summed E-state index contributed by atoms with van der Waals surface area (Å²) in [6.45, 7) is 3.51. The van der Waals surface area contributed by atoms with Crippen LogP contribution in [0.15, 0.2) is 32.5 Å². The van der Waals surface area contributed by atoms with Gasteiger partial charge < -0.3 is 20.0 Å². The van der Waals surface area contributed by atoms with E-state index in [4.69, 9.17) is 4.42 Å². The number of carbonyl (C=O) groups is 1. The maximum absolute atomic E-state index is 12.3. The highest BCUT2D eigenvalue weighted by atomic mass is 16.4. The molecule has 0 aromatic carbocycles. The standard InChI is InChI=1S/C17H20N4O4/c1-10-5-13(11-3-2-4-18-7-11)25-17(24)15(10)16(23)19-8-12-6-14(22)21-9-20-12/h5-6,9,11,18H,2-4,7-8H2,1H3,(H,19,23)(H,20,21,22). The van der Waals surface area contributed by atoms with Crippen molar-refractivity contribution in [3.8, 4) is 0 Å². The van der Waals surface area contributed by atoms with Crippen molar-refractivity contribution in [3.63, 3.8) is 0 Å². The first-order valence-electron chi connectivity index (χ1n) is 8.22. The molecular formula is C17H20N4O4. The number of H-pyrrole nitrogens is 1. The van der Waals surface area contributed by atoms with E-state index in [0.29, 0.717) is 17.0 Å². The summed E-state index contributed by atoms with van der Waals surface area (Å²) in [6, 6.07) is 3.05. The van der Waals surface area contributed by atoms with E-state index in [0.717, 1.165) is 25.9 Å². The number of hydrogen-bond acceptors (Lipinski definition) is 6. The lowest BCUT2D eigenvalue weighted by molar-refractivity contribution is 0.0945. The summed E-state index contributed by atoms with van der Waals surface area (Å²) in [5, 5.41) is 5.87. The van der Waals surface area contributed by atoms with Crippen molar-refractivity contribution >= 4 is 5.91 Å². The zero-order valence-electron chi connectivity index (χ0n) is 13.9. The van der Waals surface area contributed by atoms with Gasteiger partial charge in [-0.1, -0.05) is 0 Å². The molecule has 1 fully saturated rings. The Bertz CT molecular complexity index is 881. The molecule has 1 saturated heterocycles. The van der Waals surface area contributed by atoms with Gasteiger partial charge in [-0.15, -0.1) is 0 Å². The Morgan fingerprint density at radius 2 is 2.24 bits per heavy atom. The van der Waals surface area contributed by atoms with E-state index in [2.05, 4.69) is 20.6 Å². The first kappa shape index (κ1) is 17.1. The number of carbonyl (C=O) groups excluding carboxylic acids is 1. The molecule has 0 radical (unpaired) electrons. The molecule has 1 unspecified atom stereocenters. The van der Waals surface area contributed by atoms with Crippen molar-refractivity contribution < 1.29 is 9.21 Å². The van der Waals surface area contributed by atoms with E-state index >= 15 is 0 Å². The number of nitrogens with zero attached hydrogens (tertiary/aromatic N) is 1. The number of aryl methyl sites for hydroxylation is 1. The van der Waals surface area contributed by atoms with Gasteiger partial charge in [-0.2, -0.15) is 0 Å². The Hall–Kier alpha value is -2.74. The van der Waals surface area contributed by atoms with Crippen LogP contribution in [-0.2, 0) is 6.54 Å². The van der Waals surface area contributed by atoms with Gasteiger partial charge in [-0.05, 0) is 37.9 Å². The van der Waals surface area contributed by atoms with Gasteiger partial charge in [0.15, 0.2) is 0 Å². The Labute approximate surface area is 143 Å². The second-order valence-corrected chi connectivity index (χ2v) is 6.12. The Balaban J connectivity index is 1.76. The minimum Gasteiger partial charge on any atom is -0.427 e. The topological polar surface area (TPSA) is 117 Å². The molecule has 3 heterocycles. The molecule has 0 saturated carbocycles. The van der Waals surface area contributed by atoms with Gasteiger partial charge in [0.1, 0.15) is 11.3 Å². The Kier molecular flexibility index (Phi) is 5.08. The molecule has 1 aliphatic rings. The molecule has 1 aliphatic heterocycles. The molecule has 2 aromatic heterocycles. The van der Waals surface area contributed by atoms with Crippen LogP contribution in [0.1, 0.15) is 46.1 Å². The molecule has 0 spiro atoms. The van der Waals surface area contributed by atoms with Gasteiger partial charge in [-0.25, -0.2) is 9.78 Å². The number of aromatic amines is 1. The lowest BCUT2D eigenvalue weighted by Crippen LogP contribution is -2.32. The van der Waals surface area contributed by atoms with Crippen molar-refractivity contribution in [2.75, 3.05) is 13.1 Å². The highest BCUT2D eigenvalue weighted by molar-refractivity contribution is 5.95. The van der Waals surface area contributed by atoms with Crippen molar-refractivity contribution in [1.82, 2.24) is 20.6 Å². The van der Waals surface area contributed by atoms with Gasteiger partial charge in [0.2, 0.25) is 0 Å². The number of hydrogen-bond donors (Lipinski definition) is 3. The molecule has 1 atom stereocenters. The average molecular weight is 344 g/mol. The summed E-state index contributed by atoms with van der Waals surface area (Å²) in [5.41, 5.74) is 0.0203. The number of amides is 1. The van der Waals surface area contributed by atoms with E-state index in [9.17, 15) is 14.4 Å². The molecule has 8 nitrogen and oxygen atoms in total. The van der Waals surface area contributed by atoms with Crippen LogP contribution in [0.5, 0.6) is 0 Å². The minimum absolute atomic E-state index is 0.0163. The minimum atomic E-state index is -0.642. The maximum Gasteiger partial charge on any atom is 0.349 e. The smallest absolute Gasteiger partial charge is 0.349 e. The molecule has 8 heteroatoms. The van der Waals surface area contributed by atoms with E-state index in [1.807, 2.05) is 0 Å². The second-order valence-electron chi connectivity index (χ2n) is 6.12. The van der Waals surface area contributed by atoms with Crippen LogP contribution in [0, 0.1) is 6.92 Å². The zero-order valence-corrected chi connectivity index (χ0v) is 13.9. The molecular weight excluding hydrogens is 324 g/mol. The van der Waals surface area contributed by atoms with Crippen LogP contribution in [0.25, 0.3) is 0 Å². The lowest BCUT2D eigenvalue weighted by atomic mass is 9.95. The normalized spacial score (nSPS) is 17.2.